The monoisotopic (exact) mass is 360 g/mol. The molecule has 0 spiro atoms. The van der Waals surface area contributed by atoms with Crippen LogP contribution in [0.25, 0.3) is 0 Å². The number of aliphatic carboxylic acids is 1. The van der Waals surface area contributed by atoms with E-state index in [2.05, 4.69) is 5.32 Å². The molecule has 2 atom stereocenters. The first-order chi connectivity index (χ1) is 10.9. The summed E-state index contributed by atoms with van der Waals surface area (Å²) in [6.07, 6.45) is 0. The van der Waals surface area contributed by atoms with E-state index in [9.17, 15) is 9.59 Å². The number of hydrogen-bond acceptors (Lipinski definition) is 4. The largest absolute Gasteiger partial charge is 0.480 e. The molecule has 0 radical (unpaired) electrons. The third-order valence-electron chi connectivity index (χ3n) is 3.65. The SMILES string of the molecule is CC(NC(=O)C(c1ccc(Cl)cc1Cl)N1CCOCC1)C(=O)O. The van der Waals surface area contributed by atoms with Gasteiger partial charge in [-0.2, -0.15) is 0 Å². The van der Waals surface area contributed by atoms with Crippen molar-refractivity contribution < 1.29 is 19.4 Å². The Kier molecular flexibility index (Phi) is 6.24. The van der Waals surface area contributed by atoms with Crippen LogP contribution in [0.15, 0.2) is 18.2 Å². The lowest BCUT2D eigenvalue weighted by molar-refractivity contribution is -0.142. The van der Waals surface area contributed by atoms with Gasteiger partial charge in [0.2, 0.25) is 5.91 Å². The molecule has 1 amide bonds. The summed E-state index contributed by atoms with van der Waals surface area (Å²) in [4.78, 5) is 25.6. The second-order valence-corrected chi connectivity index (χ2v) is 6.13. The lowest BCUT2D eigenvalue weighted by Crippen LogP contribution is -2.49. The fourth-order valence-electron chi connectivity index (χ4n) is 2.42. The van der Waals surface area contributed by atoms with Gasteiger partial charge >= 0.3 is 5.97 Å². The van der Waals surface area contributed by atoms with Crippen molar-refractivity contribution in [2.75, 3.05) is 26.3 Å². The highest BCUT2D eigenvalue weighted by molar-refractivity contribution is 6.35. The molecule has 0 aliphatic carbocycles. The van der Waals surface area contributed by atoms with Gasteiger partial charge in [-0.3, -0.25) is 14.5 Å². The summed E-state index contributed by atoms with van der Waals surface area (Å²) in [6, 6.07) is 3.24. The maximum Gasteiger partial charge on any atom is 0.325 e. The maximum absolute atomic E-state index is 12.6. The van der Waals surface area contributed by atoms with Crippen LogP contribution >= 0.6 is 23.2 Å². The first-order valence-electron chi connectivity index (χ1n) is 7.20. The molecule has 6 nitrogen and oxygen atoms in total. The van der Waals surface area contributed by atoms with Crippen LogP contribution in [0.3, 0.4) is 0 Å². The van der Waals surface area contributed by atoms with E-state index < -0.39 is 24.0 Å². The number of hydrogen-bond donors (Lipinski definition) is 2. The fourth-order valence-corrected chi connectivity index (χ4v) is 2.93. The molecule has 23 heavy (non-hydrogen) atoms. The van der Waals surface area contributed by atoms with Crippen molar-refractivity contribution in [3.8, 4) is 0 Å². The van der Waals surface area contributed by atoms with Crippen LogP contribution in [0, 0.1) is 0 Å². The average Bonchev–Trinajstić information content (AvgIpc) is 2.50. The summed E-state index contributed by atoms with van der Waals surface area (Å²) in [5.41, 5.74) is 0.591. The third kappa shape index (κ3) is 4.57. The van der Waals surface area contributed by atoms with E-state index in [-0.39, 0.29) is 0 Å². The summed E-state index contributed by atoms with van der Waals surface area (Å²) < 4.78 is 5.31. The summed E-state index contributed by atoms with van der Waals surface area (Å²) in [5.74, 6) is -1.51. The van der Waals surface area contributed by atoms with Crippen molar-refractivity contribution in [3.05, 3.63) is 33.8 Å². The Hall–Kier alpha value is -1.34. The molecule has 1 saturated heterocycles. The van der Waals surface area contributed by atoms with E-state index >= 15 is 0 Å². The van der Waals surface area contributed by atoms with Gasteiger partial charge in [-0.25, -0.2) is 0 Å². The molecule has 126 valence electrons. The number of rotatable bonds is 5. The van der Waals surface area contributed by atoms with Crippen LogP contribution in [0.2, 0.25) is 10.0 Å². The van der Waals surface area contributed by atoms with Gasteiger partial charge < -0.3 is 15.2 Å². The van der Waals surface area contributed by atoms with Crippen molar-refractivity contribution in [1.82, 2.24) is 10.2 Å². The Morgan fingerprint density at radius 2 is 1.96 bits per heavy atom. The Morgan fingerprint density at radius 1 is 1.30 bits per heavy atom. The number of carboxylic acids is 1. The molecule has 1 aliphatic rings. The molecule has 0 aromatic heterocycles. The summed E-state index contributed by atoms with van der Waals surface area (Å²) in [5, 5.41) is 12.3. The zero-order chi connectivity index (χ0) is 17.0. The number of halogens is 2. The van der Waals surface area contributed by atoms with E-state index in [1.807, 2.05) is 4.90 Å². The van der Waals surface area contributed by atoms with Crippen molar-refractivity contribution >= 4 is 35.1 Å². The van der Waals surface area contributed by atoms with E-state index in [1.165, 1.54) is 6.92 Å². The number of carboxylic acid groups (broad SMARTS) is 1. The molecule has 0 saturated carbocycles. The molecule has 1 fully saturated rings. The van der Waals surface area contributed by atoms with Gasteiger partial charge in [0.1, 0.15) is 12.1 Å². The fraction of sp³-hybridized carbons (Fsp3) is 0.467. The van der Waals surface area contributed by atoms with E-state index in [0.29, 0.717) is 41.9 Å². The first kappa shape index (κ1) is 18.0. The molecule has 1 aliphatic heterocycles. The van der Waals surface area contributed by atoms with Crippen molar-refractivity contribution in [3.63, 3.8) is 0 Å². The predicted octanol–water partition coefficient (Wildman–Crippen LogP) is 1.96. The van der Waals surface area contributed by atoms with Crippen molar-refractivity contribution in [2.45, 2.75) is 19.0 Å². The molecule has 2 rings (SSSR count). The minimum atomic E-state index is -1.10. The van der Waals surface area contributed by atoms with Gasteiger partial charge in [0, 0.05) is 23.1 Å². The summed E-state index contributed by atoms with van der Waals surface area (Å²) >= 11 is 12.2. The first-order valence-corrected chi connectivity index (χ1v) is 7.95. The molecule has 8 heteroatoms. The van der Waals surface area contributed by atoms with Crippen LogP contribution < -0.4 is 5.32 Å². The molecular weight excluding hydrogens is 343 g/mol. The minimum absolute atomic E-state index is 0.368. The second-order valence-electron chi connectivity index (χ2n) is 5.29. The lowest BCUT2D eigenvalue weighted by Gasteiger charge is -2.34. The van der Waals surface area contributed by atoms with E-state index in [0.717, 1.165) is 0 Å². The maximum atomic E-state index is 12.6. The number of ether oxygens (including phenoxy) is 1. The van der Waals surface area contributed by atoms with Crippen LogP contribution in [0.5, 0.6) is 0 Å². The molecule has 0 bridgehead atoms. The Labute approximate surface area is 144 Å². The number of benzene rings is 1. The molecule has 1 aromatic carbocycles. The Balaban J connectivity index is 2.30. The summed E-state index contributed by atoms with van der Waals surface area (Å²) in [6.45, 7) is 3.53. The lowest BCUT2D eigenvalue weighted by atomic mass is 10.0. The zero-order valence-corrected chi connectivity index (χ0v) is 14.1. The molecule has 2 N–H and O–H groups in total. The molecule has 2 unspecified atom stereocenters. The Bertz CT molecular complexity index is 591. The molecular formula is C15H18Cl2N2O4. The Morgan fingerprint density at radius 3 is 2.52 bits per heavy atom. The van der Waals surface area contributed by atoms with Gasteiger partial charge in [-0.05, 0) is 24.6 Å². The van der Waals surface area contributed by atoms with Crippen LogP contribution in [-0.2, 0) is 14.3 Å². The van der Waals surface area contributed by atoms with Gasteiger partial charge in [-0.1, -0.05) is 29.3 Å². The van der Waals surface area contributed by atoms with Gasteiger partial charge in [0.25, 0.3) is 0 Å². The van der Waals surface area contributed by atoms with Gasteiger partial charge in [-0.15, -0.1) is 0 Å². The van der Waals surface area contributed by atoms with Crippen LogP contribution in [-0.4, -0.2) is 54.2 Å². The highest BCUT2D eigenvalue weighted by Crippen LogP contribution is 2.30. The van der Waals surface area contributed by atoms with Crippen molar-refractivity contribution in [1.29, 1.82) is 0 Å². The highest BCUT2D eigenvalue weighted by Gasteiger charge is 2.32. The second kappa shape index (κ2) is 7.97. The summed E-state index contributed by atoms with van der Waals surface area (Å²) in [7, 11) is 0. The number of nitrogens with one attached hydrogen (secondary N) is 1. The smallest absolute Gasteiger partial charge is 0.325 e. The van der Waals surface area contributed by atoms with Crippen LogP contribution in [0.1, 0.15) is 18.5 Å². The third-order valence-corrected chi connectivity index (χ3v) is 4.21. The normalized spacial score (nSPS) is 18.2. The zero-order valence-electron chi connectivity index (χ0n) is 12.6. The molecule has 1 aromatic rings. The van der Waals surface area contributed by atoms with E-state index in [1.54, 1.807) is 18.2 Å². The average molecular weight is 361 g/mol. The van der Waals surface area contributed by atoms with Crippen molar-refractivity contribution in [2.24, 2.45) is 0 Å². The number of morpholine rings is 1. The predicted molar refractivity (Wildman–Crippen MR) is 86.8 cm³/mol. The van der Waals surface area contributed by atoms with Crippen LogP contribution in [0.4, 0.5) is 0 Å². The quantitative estimate of drug-likeness (QED) is 0.838. The highest BCUT2D eigenvalue weighted by atomic mass is 35.5. The number of carbonyl (C=O) groups excluding carboxylic acids is 1. The number of carbonyl (C=O) groups is 2. The van der Waals surface area contributed by atoms with Gasteiger partial charge in [0.05, 0.1) is 13.2 Å². The number of nitrogens with zero attached hydrogens (tertiary/aromatic N) is 1. The molecule has 1 heterocycles. The standard InChI is InChI=1S/C15H18Cl2N2O4/c1-9(15(21)22)18-14(20)13(19-4-6-23-7-5-19)11-3-2-10(16)8-12(11)17/h2-3,8-9,13H,4-7H2,1H3,(H,18,20)(H,21,22). The number of amides is 1. The van der Waals surface area contributed by atoms with E-state index in [4.69, 9.17) is 33.0 Å². The minimum Gasteiger partial charge on any atom is -0.480 e. The van der Waals surface area contributed by atoms with Gasteiger partial charge in [0.15, 0.2) is 0 Å². The topological polar surface area (TPSA) is 78.9 Å².